The predicted octanol–water partition coefficient (Wildman–Crippen LogP) is 24.6. The molecule has 3 N–H and O–H groups in total. The quantitative estimate of drug-likeness (QED) is 0.0169. The second kappa shape index (κ2) is 79.5. The van der Waals surface area contributed by atoms with E-state index in [1.807, 2.05) is 12.2 Å². The minimum absolute atomic E-state index is 0.00766. The molecule has 0 fully saturated rings. The van der Waals surface area contributed by atoms with E-state index in [0.29, 0.717) is 32.1 Å². The van der Waals surface area contributed by atoms with Gasteiger partial charge in [0.2, 0.25) is 0 Å². The van der Waals surface area contributed by atoms with Gasteiger partial charge in [0, 0.05) is 25.7 Å². The summed E-state index contributed by atoms with van der Waals surface area (Å²) < 4.78 is 68.6. The highest BCUT2D eigenvalue weighted by molar-refractivity contribution is 7.47. The van der Waals surface area contributed by atoms with Crippen molar-refractivity contribution in [1.29, 1.82) is 0 Å². The summed E-state index contributed by atoms with van der Waals surface area (Å²) in [6.07, 6.45) is 94.7. The van der Waals surface area contributed by atoms with Gasteiger partial charge in [0.25, 0.3) is 0 Å². The molecule has 614 valence electrons. The molecule has 0 aromatic heterocycles. The predicted molar refractivity (Wildman–Crippen MR) is 445 cm³/mol. The minimum atomic E-state index is -5.01. The maximum absolute atomic E-state index is 13.1. The van der Waals surface area contributed by atoms with Gasteiger partial charge in [-0.15, -0.1) is 0 Å². The van der Waals surface area contributed by atoms with E-state index in [9.17, 15) is 43.2 Å². The number of aliphatic hydroxyl groups excluding tert-OH is 1. The number of phosphoric ester groups is 2. The van der Waals surface area contributed by atoms with Crippen molar-refractivity contribution in [3.05, 3.63) is 170 Å². The summed E-state index contributed by atoms with van der Waals surface area (Å²) in [4.78, 5) is 73.1. The van der Waals surface area contributed by atoms with Crippen LogP contribution in [0, 0.1) is 0 Å². The summed E-state index contributed by atoms with van der Waals surface area (Å²) in [6.45, 7) is 4.44. The number of ether oxygens (including phenoxy) is 4. The number of hydrogen-bond donors (Lipinski definition) is 3. The number of unbranched alkanes of at least 4 members (excludes halogenated alkanes) is 22. The lowest BCUT2D eigenvalue weighted by Crippen LogP contribution is -2.30. The summed E-state index contributed by atoms with van der Waals surface area (Å²) in [7, 11) is -10.0. The number of allylic oxidation sites excluding steroid dienone is 28. The van der Waals surface area contributed by atoms with E-state index >= 15 is 0 Å². The number of carbonyl (C=O) groups excluding carboxylic acids is 4. The molecule has 0 rings (SSSR count). The van der Waals surface area contributed by atoms with Gasteiger partial charge >= 0.3 is 39.5 Å². The Balaban J connectivity index is 5.44. The zero-order valence-electron chi connectivity index (χ0n) is 67.2. The van der Waals surface area contributed by atoms with Crippen LogP contribution in [0.25, 0.3) is 0 Å². The Morgan fingerprint density at radius 1 is 0.269 bits per heavy atom. The normalized spacial score (nSPS) is 14.7. The first kappa shape index (κ1) is 102. The van der Waals surface area contributed by atoms with Gasteiger partial charge < -0.3 is 33.8 Å². The van der Waals surface area contributed by atoms with Gasteiger partial charge in [0.05, 0.1) is 26.4 Å². The molecule has 108 heavy (non-hydrogen) atoms. The molecule has 0 amide bonds. The molecule has 0 aromatic rings. The molecular formula is C89H146O17P2. The SMILES string of the molecule is CC/C=C\C/C=C\C/C=C\C/C=C\C/C=C\CCCC(=O)OC(COC(=O)CCCCCCCC/C=C\C/C=C\C/C=C\CCCCC)COP(=O)(O)OCC(O)COP(=O)(O)OCC(COC(=O)CCCCCCCC/C=C\C/C=C\C/C=C\C/C=C\CC)OC(=O)CCCCCCC/C=C\C/C=C\CCC. The van der Waals surface area contributed by atoms with Crippen LogP contribution in [0.5, 0.6) is 0 Å². The summed E-state index contributed by atoms with van der Waals surface area (Å²) in [5.74, 6) is -2.30. The van der Waals surface area contributed by atoms with Crippen molar-refractivity contribution in [2.24, 2.45) is 0 Å². The lowest BCUT2D eigenvalue weighted by Gasteiger charge is -2.21. The van der Waals surface area contributed by atoms with Gasteiger partial charge in [0.1, 0.15) is 19.3 Å². The van der Waals surface area contributed by atoms with Crippen molar-refractivity contribution in [3.8, 4) is 0 Å². The van der Waals surface area contributed by atoms with E-state index < -0.39 is 97.5 Å². The smallest absolute Gasteiger partial charge is 0.462 e. The van der Waals surface area contributed by atoms with E-state index in [4.69, 9.17) is 37.0 Å². The third kappa shape index (κ3) is 78.5. The van der Waals surface area contributed by atoms with Crippen LogP contribution in [0.15, 0.2) is 170 Å². The first-order valence-electron chi connectivity index (χ1n) is 41.4. The molecule has 0 aliphatic rings. The molecule has 5 atom stereocenters. The van der Waals surface area contributed by atoms with E-state index in [0.717, 1.165) is 205 Å². The van der Waals surface area contributed by atoms with Crippen molar-refractivity contribution in [1.82, 2.24) is 0 Å². The van der Waals surface area contributed by atoms with Crippen LogP contribution >= 0.6 is 15.6 Å². The minimum Gasteiger partial charge on any atom is -0.462 e. The highest BCUT2D eigenvalue weighted by Gasteiger charge is 2.30. The summed E-state index contributed by atoms with van der Waals surface area (Å²) in [6, 6.07) is 0. The highest BCUT2D eigenvalue weighted by atomic mass is 31.2. The topological polar surface area (TPSA) is 237 Å². The molecule has 0 aromatic carbocycles. The Morgan fingerprint density at radius 2 is 0.509 bits per heavy atom. The van der Waals surface area contributed by atoms with Crippen molar-refractivity contribution >= 4 is 39.5 Å². The van der Waals surface area contributed by atoms with Crippen LogP contribution in [0.3, 0.4) is 0 Å². The molecule has 0 spiro atoms. The van der Waals surface area contributed by atoms with Gasteiger partial charge in [-0.05, 0) is 167 Å². The molecule has 17 nitrogen and oxygen atoms in total. The average molecular weight is 1550 g/mol. The van der Waals surface area contributed by atoms with Crippen LogP contribution in [0.1, 0.15) is 310 Å². The Labute approximate surface area is 654 Å². The molecule has 19 heteroatoms. The zero-order chi connectivity index (χ0) is 78.9. The molecule has 5 unspecified atom stereocenters. The maximum Gasteiger partial charge on any atom is 0.472 e. The van der Waals surface area contributed by atoms with Gasteiger partial charge in [-0.1, -0.05) is 288 Å². The van der Waals surface area contributed by atoms with Crippen LogP contribution in [0.4, 0.5) is 0 Å². The molecule has 0 radical (unpaired) electrons. The highest BCUT2D eigenvalue weighted by Crippen LogP contribution is 2.45. The van der Waals surface area contributed by atoms with Crippen molar-refractivity contribution in [2.45, 2.75) is 329 Å². The molecule has 0 aliphatic carbocycles. The molecular weight excluding hydrogens is 1400 g/mol. The van der Waals surface area contributed by atoms with Crippen LogP contribution < -0.4 is 0 Å². The van der Waals surface area contributed by atoms with Crippen LogP contribution in [-0.4, -0.2) is 96.7 Å². The lowest BCUT2D eigenvalue weighted by atomic mass is 10.1. The third-order valence-electron chi connectivity index (χ3n) is 16.6. The van der Waals surface area contributed by atoms with E-state index in [1.165, 1.54) is 19.3 Å². The molecule has 0 bridgehead atoms. The summed E-state index contributed by atoms with van der Waals surface area (Å²) >= 11 is 0. The lowest BCUT2D eigenvalue weighted by molar-refractivity contribution is -0.161. The van der Waals surface area contributed by atoms with Gasteiger partial charge in [-0.3, -0.25) is 37.3 Å². The van der Waals surface area contributed by atoms with Gasteiger partial charge in [-0.25, -0.2) is 9.13 Å². The number of phosphoric acid groups is 2. The number of carbonyl (C=O) groups is 4. The third-order valence-corrected chi connectivity index (χ3v) is 18.5. The first-order chi connectivity index (χ1) is 52.7. The van der Waals surface area contributed by atoms with Crippen molar-refractivity contribution in [3.63, 3.8) is 0 Å². The average Bonchev–Trinajstić information content (AvgIpc) is 0.905. The van der Waals surface area contributed by atoms with E-state index in [-0.39, 0.29) is 25.7 Å². The number of hydrogen-bond acceptors (Lipinski definition) is 15. The zero-order valence-corrected chi connectivity index (χ0v) is 69.0. The molecule has 0 saturated carbocycles. The van der Waals surface area contributed by atoms with Crippen molar-refractivity contribution < 1.29 is 80.2 Å². The summed E-state index contributed by atoms with van der Waals surface area (Å²) in [5, 5.41) is 10.7. The monoisotopic (exact) mass is 1550 g/mol. The van der Waals surface area contributed by atoms with Gasteiger partial charge in [0.15, 0.2) is 12.2 Å². The maximum atomic E-state index is 13.1. The fourth-order valence-corrected chi connectivity index (χ4v) is 12.0. The first-order valence-corrected chi connectivity index (χ1v) is 44.4. The number of rotatable bonds is 76. The van der Waals surface area contributed by atoms with Crippen molar-refractivity contribution in [2.75, 3.05) is 39.6 Å². The van der Waals surface area contributed by atoms with Crippen LogP contribution in [-0.2, 0) is 65.4 Å². The Kier molecular flexibility index (Phi) is 75.4. The number of esters is 4. The standard InChI is InChI=1S/C89H146O17P2/c1-5-9-13-17-21-25-29-33-36-39-41-44-46-50-53-57-61-65-69-73-86(91)99-79-84(105-88(93)75-71-67-63-59-55-49-32-28-24-20-16-12-8-4)81-103-107(95,96)101-77-83(90)78-102-108(97,98)104-82-85(106-89(94)76-72-68-64-60-56-52-48-43-38-35-31-27-23-19-15-11-7-3)80-100-87(92)74-70-66-62-58-54-51-47-45-42-40-37-34-30-26-22-18-14-10-6-2/h9,11,13,15-16,20-23,25-28,32-38,41-42,44-45,48,52,60,64,83-85,90H,5-8,10,12,14,17-19,24,29-31,39-40,43,46-47,49-51,53-59,61-63,65-82H2,1-4H3,(H,95,96)(H,97,98)/b13-9-,15-11-,20-16-,25-21-,26-22-,27-23-,32-28-,36-33-,37-34-,38-35-,44-41-,45-42-,52-48-,64-60-. The Bertz CT molecular complexity index is 2710. The summed E-state index contributed by atoms with van der Waals surface area (Å²) in [5.41, 5.74) is 0. The number of aliphatic hydroxyl groups is 1. The van der Waals surface area contributed by atoms with Crippen LogP contribution in [0.2, 0.25) is 0 Å². The van der Waals surface area contributed by atoms with E-state index in [1.54, 1.807) is 0 Å². The largest absolute Gasteiger partial charge is 0.472 e. The fraction of sp³-hybridized carbons (Fsp3) is 0.640. The second-order valence-corrected chi connectivity index (χ2v) is 29.8. The van der Waals surface area contributed by atoms with E-state index in [2.05, 4.69) is 186 Å². The Morgan fingerprint density at radius 3 is 0.815 bits per heavy atom. The molecule has 0 heterocycles. The molecule has 0 aliphatic heterocycles. The Hall–Kier alpha value is -5.58. The second-order valence-electron chi connectivity index (χ2n) is 26.9. The fourth-order valence-electron chi connectivity index (χ4n) is 10.4. The molecule has 0 saturated heterocycles. The van der Waals surface area contributed by atoms with Gasteiger partial charge in [-0.2, -0.15) is 0 Å².